The maximum Gasteiger partial charge on any atom is 0.236 e. The maximum absolute atomic E-state index is 12.2. The van der Waals surface area contributed by atoms with Gasteiger partial charge in [0.25, 0.3) is 0 Å². The third kappa shape index (κ3) is 2.65. The van der Waals surface area contributed by atoms with Crippen LogP contribution in [0.4, 0.5) is 0 Å². The minimum absolute atomic E-state index is 0.152. The Balaban J connectivity index is 1.93. The molecule has 4 heteroatoms. The molecular weight excluding hydrogens is 240 g/mol. The molecule has 2 rings (SSSR count). The Morgan fingerprint density at radius 1 is 1.37 bits per heavy atom. The lowest BCUT2D eigenvalue weighted by Crippen LogP contribution is -2.65. The van der Waals surface area contributed by atoms with Crippen molar-refractivity contribution in [2.45, 2.75) is 64.1 Å². The maximum atomic E-state index is 12.2. The van der Waals surface area contributed by atoms with Gasteiger partial charge >= 0.3 is 0 Å². The van der Waals surface area contributed by atoms with Crippen molar-refractivity contribution in [1.82, 2.24) is 10.2 Å². The first-order valence-corrected chi connectivity index (χ1v) is 7.60. The predicted molar refractivity (Wildman–Crippen MR) is 76.0 cm³/mol. The van der Waals surface area contributed by atoms with Crippen molar-refractivity contribution in [3.63, 3.8) is 0 Å². The predicted octanol–water partition coefficient (Wildman–Crippen LogP) is 1.79. The zero-order chi connectivity index (χ0) is 14.0. The molecule has 2 aliphatic carbocycles. The molecule has 2 saturated carbocycles. The number of ether oxygens (including phenoxy) is 1. The number of carbonyl (C=O) groups is 1. The molecule has 0 aromatic carbocycles. The quantitative estimate of drug-likeness (QED) is 0.765. The van der Waals surface area contributed by atoms with Crippen LogP contribution in [0, 0.1) is 5.41 Å². The van der Waals surface area contributed by atoms with Crippen molar-refractivity contribution in [3.8, 4) is 0 Å². The number of rotatable bonds is 7. The van der Waals surface area contributed by atoms with E-state index in [2.05, 4.69) is 19.2 Å². The summed E-state index contributed by atoms with van der Waals surface area (Å²) >= 11 is 0. The van der Waals surface area contributed by atoms with Gasteiger partial charge in [-0.15, -0.1) is 0 Å². The topological polar surface area (TPSA) is 41.6 Å². The molecule has 2 fully saturated rings. The van der Waals surface area contributed by atoms with Crippen LogP contribution in [0.1, 0.15) is 46.0 Å². The van der Waals surface area contributed by atoms with Crippen LogP contribution >= 0.6 is 0 Å². The summed E-state index contributed by atoms with van der Waals surface area (Å²) < 4.78 is 5.60. The van der Waals surface area contributed by atoms with Gasteiger partial charge in [0.2, 0.25) is 5.91 Å². The second-order valence-corrected chi connectivity index (χ2v) is 6.08. The lowest BCUT2D eigenvalue weighted by atomic mass is 9.58. The molecule has 4 nitrogen and oxygen atoms in total. The van der Waals surface area contributed by atoms with Crippen molar-refractivity contribution < 1.29 is 9.53 Å². The van der Waals surface area contributed by atoms with Crippen LogP contribution in [0.15, 0.2) is 0 Å². The van der Waals surface area contributed by atoms with E-state index in [4.69, 9.17) is 4.74 Å². The number of amides is 1. The highest BCUT2D eigenvalue weighted by atomic mass is 16.5. The average Bonchev–Trinajstić information content (AvgIpc) is 3.21. The number of hydrogen-bond donors (Lipinski definition) is 1. The van der Waals surface area contributed by atoms with E-state index >= 15 is 0 Å². The number of nitrogens with zero attached hydrogens (tertiary/aromatic N) is 1. The zero-order valence-corrected chi connectivity index (χ0v) is 12.7. The summed E-state index contributed by atoms with van der Waals surface area (Å²) in [6.45, 7) is 4.91. The minimum atomic E-state index is 0.152. The summed E-state index contributed by atoms with van der Waals surface area (Å²) in [5, 5.41) is 3.31. The first-order valence-electron chi connectivity index (χ1n) is 7.60. The molecule has 0 aliphatic heterocycles. The van der Waals surface area contributed by atoms with Crippen LogP contribution in [0.2, 0.25) is 0 Å². The van der Waals surface area contributed by atoms with Gasteiger partial charge in [-0.3, -0.25) is 4.79 Å². The van der Waals surface area contributed by atoms with E-state index in [1.807, 2.05) is 11.9 Å². The largest absolute Gasteiger partial charge is 0.381 e. The van der Waals surface area contributed by atoms with Gasteiger partial charge in [0.1, 0.15) is 0 Å². The fourth-order valence-electron chi connectivity index (χ4n) is 3.60. The lowest BCUT2D eigenvalue weighted by molar-refractivity contribution is -0.169. The van der Waals surface area contributed by atoms with E-state index in [1.54, 1.807) is 7.11 Å². The van der Waals surface area contributed by atoms with Crippen LogP contribution < -0.4 is 5.32 Å². The van der Waals surface area contributed by atoms with E-state index in [0.717, 1.165) is 19.3 Å². The molecule has 2 atom stereocenters. The highest BCUT2D eigenvalue weighted by molar-refractivity contribution is 5.78. The number of carbonyl (C=O) groups excluding carboxylic acids is 1. The standard InChI is InChI=1S/C15H28N2O2/c1-5-15(6-2)12(9-13(15)19-4)17(3)14(18)10-16-11-7-8-11/h11-13,16H,5-10H2,1-4H3/t12-,13-/m0/s1. The molecule has 1 amide bonds. The molecule has 0 saturated heterocycles. The Kier molecular flexibility index (Phi) is 4.51. The van der Waals surface area contributed by atoms with E-state index in [1.165, 1.54) is 12.8 Å². The number of hydrogen-bond acceptors (Lipinski definition) is 3. The number of methoxy groups -OCH3 is 1. The van der Waals surface area contributed by atoms with Gasteiger partial charge in [-0.2, -0.15) is 0 Å². The number of nitrogens with one attached hydrogen (secondary N) is 1. The van der Waals surface area contributed by atoms with Crippen LogP contribution in [0.3, 0.4) is 0 Å². The summed E-state index contributed by atoms with van der Waals surface area (Å²) in [6, 6.07) is 0.925. The van der Waals surface area contributed by atoms with Crippen molar-refractivity contribution in [2.24, 2.45) is 5.41 Å². The SMILES string of the molecule is CCC1(CC)[C@@H](OC)C[C@@H]1N(C)C(=O)CNC1CC1. The Morgan fingerprint density at radius 3 is 2.47 bits per heavy atom. The molecule has 0 spiro atoms. The fraction of sp³-hybridized carbons (Fsp3) is 0.933. The van der Waals surface area contributed by atoms with Crippen molar-refractivity contribution in [3.05, 3.63) is 0 Å². The smallest absolute Gasteiger partial charge is 0.236 e. The van der Waals surface area contributed by atoms with Gasteiger partial charge in [0.05, 0.1) is 12.6 Å². The van der Waals surface area contributed by atoms with E-state index < -0.39 is 0 Å². The molecule has 0 unspecified atom stereocenters. The Labute approximate surface area is 116 Å². The van der Waals surface area contributed by atoms with Crippen LogP contribution in [0.5, 0.6) is 0 Å². The summed E-state index contributed by atoms with van der Waals surface area (Å²) in [4.78, 5) is 14.2. The fourth-order valence-corrected chi connectivity index (χ4v) is 3.60. The molecule has 0 bridgehead atoms. The summed E-state index contributed by atoms with van der Waals surface area (Å²) in [5.74, 6) is 0.220. The van der Waals surface area contributed by atoms with Gasteiger partial charge in [0.15, 0.2) is 0 Å². The van der Waals surface area contributed by atoms with Crippen LogP contribution in [-0.4, -0.2) is 49.7 Å². The van der Waals surface area contributed by atoms with Crippen LogP contribution in [0.25, 0.3) is 0 Å². The van der Waals surface area contributed by atoms with E-state index in [0.29, 0.717) is 24.7 Å². The van der Waals surface area contributed by atoms with Gasteiger partial charge in [-0.05, 0) is 32.1 Å². The van der Waals surface area contributed by atoms with Crippen molar-refractivity contribution in [1.29, 1.82) is 0 Å². The normalized spacial score (nSPS) is 28.8. The molecule has 19 heavy (non-hydrogen) atoms. The van der Waals surface area contributed by atoms with Gasteiger partial charge in [-0.1, -0.05) is 13.8 Å². The second-order valence-electron chi connectivity index (χ2n) is 6.08. The first kappa shape index (κ1) is 14.8. The molecule has 0 aromatic rings. The van der Waals surface area contributed by atoms with Crippen LogP contribution in [-0.2, 0) is 9.53 Å². The third-order valence-electron chi connectivity index (χ3n) is 5.32. The number of likely N-dealkylation sites (N-methyl/N-ethyl adjacent to an activating group) is 1. The Bertz CT molecular complexity index is 324. The molecule has 0 radical (unpaired) electrons. The summed E-state index contributed by atoms with van der Waals surface area (Å²) in [6.07, 6.45) is 5.86. The highest BCUT2D eigenvalue weighted by Crippen LogP contribution is 2.50. The Hall–Kier alpha value is -0.610. The summed E-state index contributed by atoms with van der Waals surface area (Å²) in [5.41, 5.74) is 0.152. The molecule has 1 N–H and O–H groups in total. The average molecular weight is 268 g/mol. The lowest BCUT2D eigenvalue weighted by Gasteiger charge is -2.57. The van der Waals surface area contributed by atoms with Gasteiger partial charge < -0.3 is 15.0 Å². The monoisotopic (exact) mass is 268 g/mol. The van der Waals surface area contributed by atoms with E-state index in [-0.39, 0.29) is 11.3 Å². The van der Waals surface area contributed by atoms with Crippen molar-refractivity contribution >= 4 is 5.91 Å². The third-order valence-corrected chi connectivity index (χ3v) is 5.32. The van der Waals surface area contributed by atoms with Crippen molar-refractivity contribution in [2.75, 3.05) is 20.7 Å². The molecule has 110 valence electrons. The Morgan fingerprint density at radius 2 is 2.00 bits per heavy atom. The first-order chi connectivity index (χ1) is 9.08. The van der Waals surface area contributed by atoms with Gasteiger partial charge in [0, 0.05) is 31.7 Å². The zero-order valence-electron chi connectivity index (χ0n) is 12.7. The molecule has 2 aliphatic rings. The molecular formula is C15H28N2O2. The minimum Gasteiger partial charge on any atom is -0.381 e. The highest BCUT2D eigenvalue weighted by Gasteiger charge is 2.55. The van der Waals surface area contributed by atoms with E-state index in [9.17, 15) is 4.79 Å². The van der Waals surface area contributed by atoms with Gasteiger partial charge in [-0.25, -0.2) is 0 Å². The molecule has 0 heterocycles. The second kappa shape index (κ2) is 5.80. The summed E-state index contributed by atoms with van der Waals surface area (Å²) in [7, 11) is 3.74. The molecule has 0 aromatic heterocycles.